The molecule has 0 radical (unpaired) electrons. The van der Waals surface area contributed by atoms with Crippen LogP contribution in [-0.4, -0.2) is 35.7 Å². The van der Waals surface area contributed by atoms with E-state index in [1.54, 1.807) is 12.1 Å². The number of likely N-dealkylation sites (tertiary alicyclic amines) is 1. The molecular formula is C27H36FNO. The molecule has 1 fully saturated rings. The van der Waals surface area contributed by atoms with E-state index in [1.165, 1.54) is 16.7 Å². The zero-order chi connectivity index (χ0) is 21.9. The molecule has 3 rings (SSSR count). The molecule has 0 amide bonds. The zero-order valence-electron chi connectivity index (χ0n) is 18.7. The van der Waals surface area contributed by atoms with Crippen LogP contribution in [0.25, 0.3) is 0 Å². The molecule has 0 saturated carbocycles. The summed E-state index contributed by atoms with van der Waals surface area (Å²) in [6, 6.07) is 18.0. The van der Waals surface area contributed by atoms with Gasteiger partial charge in [-0.15, -0.1) is 0 Å². The van der Waals surface area contributed by atoms with E-state index in [0.29, 0.717) is 12.0 Å². The van der Waals surface area contributed by atoms with E-state index in [2.05, 4.69) is 48.7 Å². The highest BCUT2D eigenvalue weighted by molar-refractivity contribution is 5.30. The second kappa shape index (κ2) is 12.5. The van der Waals surface area contributed by atoms with Gasteiger partial charge in [-0.3, -0.25) is 4.90 Å². The van der Waals surface area contributed by atoms with Gasteiger partial charge < -0.3 is 5.11 Å². The lowest BCUT2D eigenvalue weighted by molar-refractivity contribution is 0.0838. The molecule has 1 saturated heterocycles. The van der Waals surface area contributed by atoms with Crippen molar-refractivity contribution < 1.29 is 9.50 Å². The molecule has 0 aromatic heterocycles. The number of allylic oxidation sites excluding steroid dienone is 1. The maximum Gasteiger partial charge on any atom is 0.123 e. The number of aryl methyl sites for hydroxylation is 1. The zero-order valence-corrected chi connectivity index (χ0v) is 18.7. The van der Waals surface area contributed by atoms with Crippen molar-refractivity contribution in [2.45, 2.75) is 52.0 Å². The smallest absolute Gasteiger partial charge is 0.123 e. The monoisotopic (exact) mass is 409 g/mol. The highest BCUT2D eigenvalue weighted by Gasteiger charge is 2.39. The summed E-state index contributed by atoms with van der Waals surface area (Å²) in [6.07, 6.45) is 5.18. The van der Waals surface area contributed by atoms with E-state index in [0.717, 1.165) is 37.9 Å². The molecule has 0 spiro atoms. The van der Waals surface area contributed by atoms with E-state index >= 15 is 0 Å². The number of aliphatic hydroxyl groups excluding tert-OH is 1. The first kappa shape index (κ1) is 24.0. The van der Waals surface area contributed by atoms with Gasteiger partial charge in [0.25, 0.3) is 0 Å². The summed E-state index contributed by atoms with van der Waals surface area (Å²) in [5, 5.41) is 8.46. The summed E-state index contributed by atoms with van der Waals surface area (Å²) in [5.41, 5.74) is 4.93. The van der Waals surface area contributed by atoms with Crippen LogP contribution < -0.4 is 0 Å². The average Bonchev–Trinajstić information content (AvgIpc) is 2.73. The van der Waals surface area contributed by atoms with Crippen LogP contribution in [0, 0.1) is 5.82 Å². The first-order valence-electron chi connectivity index (χ1n) is 10.9. The molecule has 0 bridgehead atoms. The summed E-state index contributed by atoms with van der Waals surface area (Å²) >= 11 is 0. The van der Waals surface area contributed by atoms with Crippen LogP contribution in [0.4, 0.5) is 4.39 Å². The molecule has 2 aromatic carbocycles. The van der Waals surface area contributed by atoms with Crippen molar-refractivity contribution in [3.63, 3.8) is 0 Å². The number of rotatable bonds is 8. The fourth-order valence-electron chi connectivity index (χ4n) is 4.00. The Kier molecular flexibility index (Phi) is 9.99. The second-order valence-corrected chi connectivity index (χ2v) is 7.99. The third kappa shape index (κ3) is 6.93. The molecule has 1 aliphatic rings. The third-order valence-electron chi connectivity index (χ3n) is 5.83. The standard InChI is InChI=1S/C21H24FN.C6H12O/c1-16(2)21-20(18-10-12-19(22)13-11-18)15-23(21)14-6-9-17-7-4-3-5-8-17;1-3-6(4-2)5-7/h3-5,7-8,10-13,20-21H,1,6,9,14-15H2,2H3;3,7H,4-5H2,1-2H3/b;6-3+/t20-,21?;/m0./s1. The Morgan fingerprint density at radius 3 is 2.33 bits per heavy atom. The SMILES string of the molecule is C/C=C(\CC)CO.C=C(C)C1[C@H](c2ccc(F)cc2)CN1CCCc1ccccc1. The van der Waals surface area contributed by atoms with Crippen LogP contribution in [0.2, 0.25) is 0 Å². The summed E-state index contributed by atoms with van der Waals surface area (Å²) in [6.45, 7) is 12.6. The van der Waals surface area contributed by atoms with E-state index < -0.39 is 0 Å². The van der Waals surface area contributed by atoms with Crippen LogP contribution in [-0.2, 0) is 6.42 Å². The van der Waals surface area contributed by atoms with Gasteiger partial charge in [0.1, 0.15) is 5.82 Å². The van der Waals surface area contributed by atoms with Crippen LogP contribution in [0.1, 0.15) is 50.7 Å². The summed E-state index contributed by atoms with van der Waals surface area (Å²) in [5.74, 6) is 0.282. The van der Waals surface area contributed by atoms with Gasteiger partial charge in [-0.25, -0.2) is 4.39 Å². The molecule has 2 atom stereocenters. The van der Waals surface area contributed by atoms with Gasteiger partial charge in [-0.2, -0.15) is 0 Å². The van der Waals surface area contributed by atoms with E-state index in [4.69, 9.17) is 5.11 Å². The minimum Gasteiger partial charge on any atom is -0.392 e. The minimum absolute atomic E-state index is 0.167. The van der Waals surface area contributed by atoms with Crippen molar-refractivity contribution in [2.24, 2.45) is 0 Å². The van der Waals surface area contributed by atoms with E-state index in [-0.39, 0.29) is 12.4 Å². The molecule has 2 nitrogen and oxygen atoms in total. The molecule has 1 aliphatic heterocycles. The Bertz CT molecular complexity index is 791. The van der Waals surface area contributed by atoms with Gasteiger partial charge in [-0.1, -0.05) is 67.6 Å². The number of benzene rings is 2. The van der Waals surface area contributed by atoms with Crippen molar-refractivity contribution in [2.75, 3.05) is 19.7 Å². The summed E-state index contributed by atoms with van der Waals surface area (Å²) in [7, 11) is 0. The highest BCUT2D eigenvalue weighted by Crippen LogP contribution is 2.37. The van der Waals surface area contributed by atoms with Gasteiger partial charge in [0.15, 0.2) is 0 Å². The fourth-order valence-corrected chi connectivity index (χ4v) is 4.00. The number of nitrogens with zero attached hydrogens (tertiary/aromatic N) is 1. The van der Waals surface area contributed by atoms with Gasteiger partial charge in [0.2, 0.25) is 0 Å². The Labute approximate surface area is 181 Å². The Morgan fingerprint density at radius 2 is 1.83 bits per heavy atom. The highest BCUT2D eigenvalue weighted by atomic mass is 19.1. The number of hydrogen-bond donors (Lipinski definition) is 1. The summed E-state index contributed by atoms with van der Waals surface area (Å²) in [4.78, 5) is 2.50. The van der Waals surface area contributed by atoms with Crippen molar-refractivity contribution in [3.05, 3.63) is 95.3 Å². The van der Waals surface area contributed by atoms with Crippen molar-refractivity contribution in [1.29, 1.82) is 0 Å². The van der Waals surface area contributed by atoms with Crippen LogP contribution in [0.5, 0.6) is 0 Å². The topological polar surface area (TPSA) is 23.5 Å². The Balaban J connectivity index is 0.000000396. The quantitative estimate of drug-likeness (QED) is 0.530. The van der Waals surface area contributed by atoms with Gasteiger partial charge in [0, 0.05) is 18.5 Å². The van der Waals surface area contributed by atoms with E-state index in [1.807, 2.05) is 32.1 Å². The predicted octanol–water partition coefficient (Wildman–Crippen LogP) is 6.14. The molecule has 0 aliphatic carbocycles. The maximum atomic E-state index is 13.1. The second-order valence-electron chi connectivity index (χ2n) is 7.99. The Morgan fingerprint density at radius 1 is 1.17 bits per heavy atom. The molecule has 1 N–H and O–H groups in total. The van der Waals surface area contributed by atoms with Crippen LogP contribution in [0.3, 0.4) is 0 Å². The minimum atomic E-state index is -0.167. The Hall–Kier alpha value is -2.23. The van der Waals surface area contributed by atoms with Crippen LogP contribution in [0.15, 0.2) is 78.4 Å². The molecule has 162 valence electrons. The molecule has 3 heteroatoms. The van der Waals surface area contributed by atoms with E-state index in [9.17, 15) is 4.39 Å². The number of aliphatic hydroxyl groups is 1. The van der Waals surface area contributed by atoms with Crippen molar-refractivity contribution >= 4 is 0 Å². The lowest BCUT2D eigenvalue weighted by atomic mass is 9.79. The average molecular weight is 410 g/mol. The molecular weight excluding hydrogens is 373 g/mol. The lowest BCUT2D eigenvalue weighted by Crippen LogP contribution is -2.55. The lowest BCUT2D eigenvalue weighted by Gasteiger charge is -2.49. The molecule has 1 heterocycles. The molecule has 30 heavy (non-hydrogen) atoms. The normalized spacial score (nSPS) is 18.9. The van der Waals surface area contributed by atoms with Crippen molar-refractivity contribution in [3.8, 4) is 0 Å². The fraction of sp³-hybridized carbons (Fsp3) is 0.407. The van der Waals surface area contributed by atoms with Crippen LogP contribution >= 0.6 is 0 Å². The molecule has 1 unspecified atom stereocenters. The van der Waals surface area contributed by atoms with Gasteiger partial charge in [-0.05, 0) is 68.5 Å². The van der Waals surface area contributed by atoms with Gasteiger partial charge >= 0.3 is 0 Å². The largest absolute Gasteiger partial charge is 0.392 e. The van der Waals surface area contributed by atoms with Crippen molar-refractivity contribution in [1.82, 2.24) is 4.90 Å². The maximum absolute atomic E-state index is 13.1. The number of hydrogen-bond acceptors (Lipinski definition) is 2. The predicted molar refractivity (Wildman–Crippen MR) is 125 cm³/mol. The number of halogens is 1. The first-order chi connectivity index (χ1) is 14.5. The first-order valence-corrected chi connectivity index (χ1v) is 10.9. The third-order valence-corrected chi connectivity index (χ3v) is 5.83. The summed E-state index contributed by atoms with van der Waals surface area (Å²) < 4.78 is 13.1. The van der Waals surface area contributed by atoms with Gasteiger partial charge in [0.05, 0.1) is 6.61 Å². The molecule has 2 aromatic rings.